The molecule has 1 heterocycles. The van der Waals surface area contributed by atoms with Gasteiger partial charge < -0.3 is 33.4 Å². The van der Waals surface area contributed by atoms with E-state index >= 15 is 0 Å². The van der Waals surface area contributed by atoms with Crippen molar-refractivity contribution in [2.75, 3.05) is 6.61 Å². The first-order valence-corrected chi connectivity index (χ1v) is 5.19. The van der Waals surface area contributed by atoms with E-state index in [2.05, 4.69) is 0 Å². The normalized spacial score (nSPS) is 22.9. The first-order valence-electron chi connectivity index (χ1n) is 5.19. The molecule has 0 aliphatic carbocycles. The van der Waals surface area contributed by atoms with Crippen LogP contribution in [-0.2, 0) is 28.7 Å². The number of amides is 5. The lowest BCUT2D eigenvalue weighted by atomic mass is 9.63. The maximum atomic E-state index is 11.7. The predicted molar refractivity (Wildman–Crippen MR) is 60.6 cm³/mol. The molecule has 1 rings (SSSR count). The van der Waals surface area contributed by atoms with E-state index in [0.29, 0.717) is 0 Å². The van der Waals surface area contributed by atoms with Crippen LogP contribution >= 0.6 is 0 Å². The molecule has 1 fully saturated rings. The third-order valence-electron chi connectivity index (χ3n) is 3.36. The SMILES string of the molecule is NC(=O)C1COC(C(N)=O)(C(N)=O)C1(C(N)=O)C(N)=O. The lowest BCUT2D eigenvalue weighted by molar-refractivity contribution is -0.172. The minimum atomic E-state index is -2.97. The standard InChI is InChI=1S/C9H13N5O6/c10-3(15)2-1-20-9(6(13)18,7(14)19)8(2,4(11)16)5(12)17/h2H,1H2,(H2,10,15)(H2,11,16)(H2,12,17)(H2,13,18)(H2,14,19). The number of carbonyl (C=O) groups is 5. The highest BCUT2D eigenvalue weighted by Gasteiger charge is 2.77. The molecule has 1 saturated heterocycles. The fourth-order valence-electron chi connectivity index (χ4n) is 2.45. The zero-order chi connectivity index (χ0) is 15.9. The van der Waals surface area contributed by atoms with Crippen molar-refractivity contribution < 1.29 is 28.7 Å². The van der Waals surface area contributed by atoms with E-state index in [9.17, 15) is 24.0 Å². The number of hydrogen-bond donors (Lipinski definition) is 5. The van der Waals surface area contributed by atoms with Crippen molar-refractivity contribution >= 4 is 29.5 Å². The minimum absolute atomic E-state index is 0.743. The van der Waals surface area contributed by atoms with Crippen LogP contribution in [-0.4, -0.2) is 41.7 Å². The number of primary amides is 5. The maximum Gasteiger partial charge on any atom is 0.261 e. The average Bonchev–Trinajstić information content (AvgIpc) is 2.65. The molecule has 1 unspecified atom stereocenters. The first kappa shape index (κ1) is 15.4. The van der Waals surface area contributed by atoms with Crippen LogP contribution in [0.3, 0.4) is 0 Å². The molecule has 1 atom stereocenters. The monoisotopic (exact) mass is 287 g/mol. The van der Waals surface area contributed by atoms with Crippen LogP contribution in [0.2, 0.25) is 0 Å². The Morgan fingerprint density at radius 3 is 1.45 bits per heavy atom. The predicted octanol–water partition coefficient (Wildman–Crippen LogP) is -5.22. The summed E-state index contributed by atoms with van der Waals surface area (Å²) in [4.78, 5) is 58.0. The molecule has 0 aromatic carbocycles. The van der Waals surface area contributed by atoms with Gasteiger partial charge in [0.05, 0.1) is 12.5 Å². The Morgan fingerprint density at radius 1 is 0.800 bits per heavy atom. The van der Waals surface area contributed by atoms with Crippen molar-refractivity contribution in [2.24, 2.45) is 40.0 Å². The number of carbonyl (C=O) groups excluding carboxylic acids is 5. The molecule has 1 aliphatic rings. The van der Waals surface area contributed by atoms with Crippen molar-refractivity contribution in [3.63, 3.8) is 0 Å². The van der Waals surface area contributed by atoms with Crippen LogP contribution in [0.5, 0.6) is 0 Å². The molecule has 1 aliphatic heterocycles. The highest BCUT2D eigenvalue weighted by atomic mass is 16.5. The van der Waals surface area contributed by atoms with Gasteiger partial charge in [-0.05, 0) is 0 Å². The maximum absolute atomic E-state index is 11.7. The number of nitrogens with two attached hydrogens (primary N) is 5. The molecular weight excluding hydrogens is 274 g/mol. The van der Waals surface area contributed by atoms with Gasteiger partial charge in [-0.25, -0.2) is 0 Å². The first-order chi connectivity index (χ1) is 9.06. The van der Waals surface area contributed by atoms with Gasteiger partial charge >= 0.3 is 0 Å². The van der Waals surface area contributed by atoms with Crippen molar-refractivity contribution in [2.45, 2.75) is 5.60 Å². The summed E-state index contributed by atoms with van der Waals surface area (Å²) in [5.74, 6) is -9.27. The molecule has 0 radical (unpaired) electrons. The smallest absolute Gasteiger partial charge is 0.261 e. The van der Waals surface area contributed by atoms with Gasteiger partial charge in [0, 0.05) is 0 Å². The molecule has 11 heteroatoms. The van der Waals surface area contributed by atoms with Gasteiger partial charge in [0.25, 0.3) is 11.8 Å². The molecule has 0 aromatic heterocycles. The summed E-state index contributed by atoms with van der Waals surface area (Å²) >= 11 is 0. The third-order valence-corrected chi connectivity index (χ3v) is 3.36. The average molecular weight is 287 g/mol. The fourth-order valence-corrected chi connectivity index (χ4v) is 2.45. The second-order valence-corrected chi connectivity index (χ2v) is 4.21. The minimum Gasteiger partial charge on any atom is -0.369 e. The summed E-state index contributed by atoms with van der Waals surface area (Å²) in [5.41, 5.74) is 19.4. The van der Waals surface area contributed by atoms with Gasteiger partial charge in [0.1, 0.15) is 0 Å². The number of rotatable bonds is 5. The van der Waals surface area contributed by atoms with Gasteiger partial charge in [0.2, 0.25) is 23.3 Å². The van der Waals surface area contributed by atoms with Crippen LogP contribution < -0.4 is 28.7 Å². The molecule has 0 aromatic rings. The topological polar surface area (TPSA) is 225 Å². The second kappa shape index (κ2) is 4.45. The van der Waals surface area contributed by atoms with Gasteiger partial charge in [0.15, 0.2) is 5.41 Å². The molecule has 11 nitrogen and oxygen atoms in total. The van der Waals surface area contributed by atoms with Gasteiger partial charge in [-0.1, -0.05) is 0 Å². The quantitative estimate of drug-likeness (QED) is 0.310. The van der Waals surface area contributed by atoms with Crippen LogP contribution in [0.4, 0.5) is 0 Å². The molecular formula is C9H13N5O6. The summed E-state index contributed by atoms with van der Waals surface area (Å²) in [7, 11) is 0. The van der Waals surface area contributed by atoms with Crippen molar-refractivity contribution in [3.8, 4) is 0 Å². The Labute approximate surface area is 111 Å². The molecule has 0 saturated carbocycles. The van der Waals surface area contributed by atoms with E-state index < -0.39 is 53.1 Å². The van der Waals surface area contributed by atoms with Gasteiger partial charge in [-0.15, -0.1) is 0 Å². The van der Waals surface area contributed by atoms with E-state index in [0.717, 1.165) is 0 Å². The van der Waals surface area contributed by atoms with E-state index in [-0.39, 0.29) is 0 Å². The highest BCUT2D eigenvalue weighted by molar-refractivity contribution is 6.22. The van der Waals surface area contributed by atoms with E-state index in [1.54, 1.807) is 0 Å². The Balaban J connectivity index is 3.81. The number of ether oxygens (including phenoxy) is 1. The summed E-state index contributed by atoms with van der Waals surface area (Å²) in [6.45, 7) is -0.743. The van der Waals surface area contributed by atoms with Crippen LogP contribution in [0, 0.1) is 11.3 Å². The molecule has 0 bridgehead atoms. The Kier molecular flexibility index (Phi) is 3.42. The fraction of sp³-hybridized carbons (Fsp3) is 0.444. The Bertz CT molecular complexity index is 501. The Morgan fingerprint density at radius 2 is 1.20 bits per heavy atom. The van der Waals surface area contributed by atoms with E-state index in [4.69, 9.17) is 33.4 Å². The molecule has 20 heavy (non-hydrogen) atoms. The largest absolute Gasteiger partial charge is 0.369 e. The van der Waals surface area contributed by atoms with Gasteiger partial charge in [-0.3, -0.25) is 24.0 Å². The molecule has 0 spiro atoms. The Hall–Kier alpha value is -2.69. The lowest BCUT2D eigenvalue weighted by Gasteiger charge is -2.36. The summed E-state index contributed by atoms with van der Waals surface area (Å²) in [6, 6.07) is 0. The van der Waals surface area contributed by atoms with Crippen molar-refractivity contribution in [1.29, 1.82) is 0 Å². The molecule has 5 amide bonds. The summed E-state index contributed by atoms with van der Waals surface area (Å²) in [6.07, 6.45) is 0. The lowest BCUT2D eigenvalue weighted by Crippen LogP contribution is -2.73. The van der Waals surface area contributed by atoms with Gasteiger partial charge in [-0.2, -0.15) is 0 Å². The van der Waals surface area contributed by atoms with E-state index in [1.165, 1.54) is 0 Å². The highest BCUT2D eigenvalue weighted by Crippen LogP contribution is 2.47. The van der Waals surface area contributed by atoms with E-state index in [1.807, 2.05) is 0 Å². The zero-order valence-electron chi connectivity index (χ0n) is 10.1. The molecule has 110 valence electrons. The third kappa shape index (κ3) is 1.46. The van der Waals surface area contributed by atoms with Crippen molar-refractivity contribution in [3.05, 3.63) is 0 Å². The van der Waals surface area contributed by atoms with Crippen LogP contribution in [0.25, 0.3) is 0 Å². The summed E-state index contributed by atoms with van der Waals surface area (Å²) in [5, 5.41) is 0. The second-order valence-electron chi connectivity index (χ2n) is 4.21. The summed E-state index contributed by atoms with van der Waals surface area (Å²) < 4.78 is 4.82. The van der Waals surface area contributed by atoms with Crippen LogP contribution in [0.1, 0.15) is 0 Å². The number of hydrogen-bond acceptors (Lipinski definition) is 6. The zero-order valence-corrected chi connectivity index (χ0v) is 10.1. The van der Waals surface area contributed by atoms with Crippen LogP contribution in [0.15, 0.2) is 0 Å². The molecule has 10 N–H and O–H groups in total. The van der Waals surface area contributed by atoms with Crippen molar-refractivity contribution in [1.82, 2.24) is 0 Å².